The lowest BCUT2D eigenvalue weighted by atomic mass is 9.77. The van der Waals surface area contributed by atoms with Gasteiger partial charge in [-0.05, 0) is 35.4 Å². The molecule has 0 aromatic heterocycles. The number of hydrazone groups is 1. The number of nitrogens with zero attached hydrogens (tertiary/aromatic N) is 1. The van der Waals surface area contributed by atoms with Gasteiger partial charge in [0.05, 0.1) is 6.21 Å². The monoisotopic (exact) mass is 299 g/mol. The summed E-state index contributed by atoms with van der Waals surface area (Å²) >= 11 is 5.10. The maximum atomic E-state index is 9.24. The number of hydrogen-bond donors (Lipinski definition) is 4. The highest BCUT2D eigenvalue weighted by atomic mass is 32.1. The van der Waals surface area contributed by atoms with Crippen LogP contribution in [-0.4, -0.2) is 28.5 Å². The molecule has 0 bridgehead atoms. The van der Waals surface area contributed by atoms with Gasteiger partial charge in [-0.15, -0.1) is 0 Å². The number of nitrogens with one attached hydrogen (secondary N) is 2. The summed E-state index contributed by atoms with van der Waals surface area (Å²) in [6.45, 7) is 0. The number of hydrogen-bond acceptors (Lipinski definition) is 4. The molecule has 0 saturated heterocycles. The van der Waals surface area contributed by atoms with Crippen LogP contribution in [0.15, 0.2) is 59.7 Å². The van der Waals surface area contributed by atoms with Crippen molar-refractivity contribution in [2.45, 2.75) is 0 Å². The van der Waals surface area contributed by atoms with Crippen molar-refractivity contribution in [3.05, 3.63) is 60.2 Å². The zero-order valence-corrected chi connectivity index (χ0v) is 11.9. The Morgan fingerprint density at radius 2 is 1.71 bits per heavy atom. The van der Waals surface area contributed by atoms with Crippen LogP contribution < -0.4 is 16.2 Å². The zero-order valence-electron chi connectivity index (χ0n) is 11.1. The van der Waals surface area contributed by atoms with Crippen molar-refractivity contribution in [3.8, 4) is 0 Å². The maximum absolute atomic E-state index is 9.24. The number of thiocarbonyl (C=S) groups is 1. The third kappa shape index (κ3) is 4.68. The van der Waals surface area contributed by atoms with E-state index in [1.807, 2.05) is 30.3 Å². The van der Waals surface area contributed by atoms with E-state index in [0.717, 1.165) is 5.69 Å². The molecule has 2 rings (SSSR count). The first-order valence-electron chi connectivity index (χ1n) is 6.27. The van der Waals surface area contributed by atoms with Crippen LogP contribution in [-0.2, 0) is 0 Å². The van der Waals surface area contributed by atoms with Crippen LogP contribution in [0.2, 0.25) is 0 Å². The van der Waals surface area contributed by atoms with Crippen molar-refractivity contribution < 1.29 is 10.0 Å². The smallest absolute Gasteiger partial charge is 0.423 e. The van der Waals surface area contributed by atoms with Crippen molar-refractivity contribution >= 4 is 41.8 Å². The molecule has 4 N–H and O–H groups in total. The van der Waals surface area contributed by atoms with Gasteiger partial charge >= 0.3 is 7.12 Å². The lowest BCUT2D eigenvalue weighted by molar-refractivity contribution is 0.425. The molecule has 0 unspecified atom stereocenters. The van der Waals surface area contributed by atoms with Crippen molar-refractivity contribution in [2.24, 2.45) is 5.10 Å². The second-order valence-electron chi connectivity index (χ2n) is 4.19. The van der Waals surface area contributed by atoms with E-state index in [9.17, 15) is 10.0 Å². The van der Waals surface area contributed by atoms with Gasteiger partial charge in [-0.1, -0.05) is 42.5 Å². The van der Waals surface area contributed by atoms with Crippen molar-refractivity contribution in [2.75, 3.05) is 5.32 Å². The number of rotatable bonds is 4. The van der Waals surface area contributed by atoms with Crippen LogP contribution in [0.4, 0.5) is 5.69 Å². The normalized spacial score (nSPS) is 10.4. The molecule has 106 valence electrons. The van der Waals surface area contributed by atoms with Gasteiger partial charge in [-0.25, -0.2) is 0 Å². The summed E-state index contributed by atoms with van der Waals surface area (Å²) in [6.07, 6.45) is 1.48. The highest BCUT2D eigenvalue weighted by Gasteiger charge is 2.13. The number of para-hydroxylation sites is 1. The summed E-state index contributed by atoms with van der Waals surface area (Å²) in [5.41, 5.74) is 4.51. The highest BCUT2D eigenvalue weighted by Crippen LogP contribution is 2.04. The molecule has 0 aliphatic carbocycles. The lowest BCUT2D eigenvalue weighted by Crippen LogP contribution is -2.33. The minimum absolute atomic E-state index is 0.347. The summed E-state index contributed by atoms with van der Waals surface area (Å²) in [4.78, 5) is 0. The standard InChI is InChI=1S/C14H14BN3O2S/c19-15(20)13-9-5-4-6-11(13)10-16-18-14(21)17-12-7-2-1-3-8-12/h1-10,19-20H,(H2,17,18,21)/b16-10+. The Balaban J connectivity index is 1.95. The third-order valence-electron chi connectivity index (χ3n) is 2.68. The van der Waals surface area contributed by atoms with E-state index in [-0.39, 0.29) is 0 Å². The molecule has 0 saturated carbocycles. The van der Waals surface area contributed by atoms with Crippen LogP contribution in [0.5, 0.6) is 0 Å². The van der Waals surface area contributed by atoms with E-state index >= 15 is 0 Å². The summed E-state index contributed by atoms with van der Waals surface area (Å²) in [7, 11) is -1.54. The molecular formula is C14H14BN3O2S. The van der Waals surface area contributed by atoms with E-state index in [0.29, 0.717) is 16.1 Å². The summed E-state index contributed by atoms with van der Waals surface area (Å²) in [5, 5.41) is 25.8. The Bertz CT molecular complexity index is 635. The molecule has 0 aliphatic heterocycles. The van der Waals surface area contributed by atoms with Crippen LogP contribution in [0, 0.1) is 0 Å². The molecule has 0 atom stereocenters. The summed E-state index contributed by atoms with van der Waals surface area (Å²) in [6, 6.07) is 16.3. The van der Waals surface area contributed by atoms with Crippen LogP contribution >= 0.6 is 12.2 Å². The van der Waals surface area contributed by atoms with E-state index in [4.69, 9.17) is 12.2 Å². The van der Waals surface area contributed by atoms with Gasteiger partial charge in [-0.2, -0.15) is 5.10 Å². The summed E-state index contributed by atoms with van der Waals surface area (Å²) in [5.74, 6) is 0. The lowest BCUT2D eigenvalue weighted by Gasteiger charge is -2.07. The van der Waals surface area contributed by atoms with Gasteiger partial charge in [0.25, 0.3) is 0 Å². The van der Waals surface area contributed by atoms with Crippen LogP contribution in [0.3, 0.4) is 0 Å². The van der Waals surface area contributed by atoms with E-state index in [2.05, 4.69) is 15.8 Å². The molecule has 7 heteroatoms. The Labute approximate surface area is 128 Å². The molecule has 0 heterocycles. The first-order chi connectivity index (χ1) is 10.2. The predicted octanol–water partition coefficient (Wildman–Crippen LogP) is 0.687. The first kappa shape index (κ1) is 15.2. The minimum Gasteiger partial charge on any atom is -0.423 e. The van der Waals surface area contributed by atoms with Crippen LogP contribution in [0.25, 0.3) is 0 Å². The second kappa shape index (κ2) is 7.54. The second-order valence-corrected chi connectivity index (χ2v) is 4.60. The Kier molecular flexibility index (Phi) is 5.45. The van der Waals surface area contributed by atoms with Crippen molar-refractivity contribution in [3.63, 3.8) is 0 Å². The fourth-order valence-electron chi connectivity index (χ4n) is 1.70. The van der Waals surface area contributed by atoms with E-state index in [1.165, 1.54) is 6.21 Å². The fourth-order valence-corrected chi connectivity index (χ4v) is 1.88. The van der Waals surface area contributed by atoms with Crippen LogP contribution in [0.1, 0.15) is 5.56 Å². The van der Waals surface area contributed by atoms with Crippen molar-refractivity contribution in [1.82, 2.24) is 5.43 Å². The Hall–Kier alpha value is -2.22. The zero-order chi connectivity index (χ0) is 15.1. The molecule has 0 radical (unpaired) electrons. The van der Waals surface area contributed by atoms with Crippen molar-refractivity contribution in [1.29, 1.82) is 0 Å². The summed E-state index contributed by atoms with van der Waals surface area (Å²) < 4.78 is 0. The molecule has 0 spiro atoms. The largest absolute Gasteiger partial charge is 0.489 e. The predicted molar refractivity (Wildman–Crippen MR) is 89.7 cm³/mol. The molecule has 21 heavy (non-hydrogen) atoms. The molecule has 0 aliphatic rings. The Morgan fingerprint density at radius 1 is 1.05 bits per heavy atom. The molecule has 2 aromatic carbocycles. The SMILES string of the molecule is OB(O)c1ccccc1/C=N/NC(=S)Nc1ccccc1. The topological polar surface area (TPSA) is 76.9 Å². The first-order valence-corrected chi connectivity index (χ1v) is 6.68. The average Bonchev–Trinajstić information content (AvgIpc) is 2.48. The minimum atomic E-state index is -1.54. The third-order valence-corrected chi connectivity index (χ3v) is 2.87. The highest BCUT2D eigenvalue weighted by molar-refractivity contribution is 7.80. The molecule has 0 fully saturated rings. The fraction of sp³-hybridized carbons (Fsp3) is 0. The maximum Gasteiger partial charge on any atom is 0.489 e. The van der Waals surface area contributed by atoms with Gasteiger partial charge in [0, 0.05) is 5.69 Å². The number of benzene rings is 2. The molecule has 5 nitrogen and oxygen atoms in total. The number of anilines is 1. The molecule has 2 aromatic rings. The average molecular weight is 299 g/mol. The quantitative estimate of drug-likeness (QED) is 0.289. The van der Waals surface area contributed by atoms with E-state index in [1.54, 1.807) is 24.3 Å². The van der Waals surface area contributed by atoms with Gasteiger partial charge < -0.3 is 15.4 Å². The van der Waals surface area contributed by atoms with E-state index < -0.39 is 7.12 Å². The van der Waals surface area contributed by atoms with Gasteiger partial charge in [0.15, 0.2) is 5.11 Å². The molecular weight excluding hydrogens is 285 g/mol. The molecule has 0 amide bonds. The van der Waals surface area contributed by atoms with Gasteiger partial charge in [0.2, 0.25) is 0 Å². The van der Waals surface area contributed by atoms with Gasteiger partial charge in [-0.3, -0.25) is 5.43 Å². The Morgan fingerprint density at radius 3 is 2.43 bits per heavy atom. The van der Waals surface area contributed by atoms with Gasteiger partial charge in [0.1, 0.15) is 0 Å².